The van der Waals surface area contributed by atoms with Gasteiger partial charge in [-0.3, -0.25) is 24.2 Å². The summed E-state index contributed by atoms with van der Waals surface area (Å²) in [6, 6.07) is 12.9. The van der Waals surface area contributed by atoms with Crippen LogP contribution in [0.1, 0.15) is 59.9 Å². The van der Waals surface area contributed by atoms with Crippen molar-refractivity contribution in [3.63, 3.8) is 0 Å². The lowest BCUT2D eigenvalue weighted by atomic mass is 9.90. The summed E-state index contributed by atoms with van der Waals surface area (Å²) in [7, 11) is 0. The van der Waals surface area contributed by atoms with Crippen molar-refractivity contribution in [2.45, 2.75) is 57.5 Å². The maximum atomic E-state index is 14.2. The number of nitrogens with one attached hydrogen (secondary N) is 1. The minimum atomic E-state index is -1.24. The van der Waals surface area contributed by atoms with Gasteiger partial charge in [0.05, 0.1) is 23.4 Å². The second-order valence-electron chi connectivity index (χ2n) is 18.6. The number of guanidine groups is 1. The van der Waals surface area contributed by atoms with E-state index in [0.717, 1.165) is 0 Å². The molecule has 2 fully saturated rings. The highest BCUT2D eigenvalue weighted by Gasteiger charge is 2.32. The number of carboxylic acids is 2. The lowest BCUT2D eigenvalue weighted by Crippen LogP contribution is -2.51. The number of fused-ring (bicyclic) bond motifs is 2. The Hall–Kier alpha value is -9.27. The number of carbonyl (C=O) groups excluding carboxylic acids is 2. The zero-order valence-corrected chi connectivity index (χ0v) is 41.9. The van der Waals surface area contributed by atoms with Crippen LogP contribution in [-0.2, 0) is 33.8 Å². The molecule has 0 unspecified atom stereocenters. The van der Waals surface area contributed by atoms with Crippen molar-refractivity contribution in [2.24, 2.45) is 22.2 Å². The van der Waals surface area contributed by atoms with E-state index in [4.69, 9.17) is 36.6 Å². The lowest BCUT2D eigenvalue weighted by Gasteiger charge is -2.37. The second-order valence-corrected chi connectivity index (χ2v) is 18.6. The third kappa shape index (κ3) is 12.6. The molecular weight excluding hydrogens is 997 g/mol. The average molecular weight is 1060 g/mol. The van der Waals surface area contributed by atoms with Gasteiger partial charge in [0.25, 0.3) is 0 Å². The molecule has 77 heavy (non-hydrogen) atoms. The number of amides is 2. The SMILES string of the molecule is NCCCC[C@@H](C(=O)N1CCN(c2nc(Nc3ccc(-c4c5ccc(=O)cc-5oc5cc(O)ccc45)c(C(=O)O)c3)nc(N3CCN(C(=O)Cn4cc(CCCN=C(N)N)nn4)CC3)n2)CC1)n1cc(CCC(=O)O)nn1. The number of anilines is 4. The third-order valence-corrected chi connectivity index (χ3v) is 13.3. The van der Waals surface area contributed by atoms with Crippen LogP contribution in [0, 0.1) is 0 Å². The van der Waals surface area contributed by atoms with Crippen LogP contribution < -0.4 is 37.7 Å². The molecule has 2 aromatic carbocycles. The summed E-state index contributed by atoms with van der Waals surface area (Å²) in [5, 5.41) is 50.6. The molecule has 1 aliphatic carbocycles. The van der Waals surface area contributed by atoms with Gasteiger partial charge in [-0.25, -0.2) is 14.2 Å². The number of hydrogen-bond donors (Lipinski definition) is 7. The Morgan fingerprint density at radius 1 is 0.766 bits per heavy atom. The molecule has 402 valence electrons. The zero-order valence-electron chi connectivity index (χ0n) is 41.9. The topological polar surface area (TPSA) is 375 Å². The summed E-state index contributed by atoms with van der Waals surface area (Å²) in [5.41, 5.74) is 19.3. The number of nitrogens with two attached hydrogens (primary N) is 3. The summed E-state index contributed by atoms with van der Waals surface area (Å²) < 4.78 is 9.02. The number of benzene rings is 3. The molecule has 27 heteroatoms. The fourth-order valence-corrected chi connectivity index (χ4v) is 9.38. The number of aromatic hydroxyl groups is 1. The molecule has 0 radical (unpaired) electrons. The van der Waals surface area contributed by atoms with Crippen molar-refractivity contribution in [1.29, 1.82) is 0 Å². The van der Waals surface area contributed by atoms with Gasteiger partial charge in [-0.05, 0) is 80.6 Å². The molecular formula is C50H58N18O9. The van der Waals surface area contributed by atoms with Gasteiger partial charge >= 0.3 is 11.9 Å². The van der Waals surface area contributed by atoms with Crippen LogP contribution in [0.15, 0.2) is 81.2 Å². The van der Waals surface area contributed by atoms with Crippen molar-refractivity contribution in [3.8, 4) is 28.2 Å². The van der Waals surface area contributed by atoms with Crippen molar-refractivity contribution in [1.82, 2.24) is 54.7 Å². The van der Waals surface area contributed by atoms with Crippen LogP contribution in [0.5, 0.6) is 5.75 Å². The number of piperazine rings is 2. The Morgan fingerprint density at radius 2 is 1.47 bits per heavy atom. The minimum absolute atomic E-state index is 0.00565. The van der Waals surface area contributed by atoms with Gasteiger partial charge in [0.1, 0.15) is 29.7 Å². The standard InChI is InChI=1S/C50H58N18O9/c51-14-2-1-5-39(68-28-32(60-62-68)7-13-43(72)73)45(74)64-18-22-66(23-19-64)50-57-48(56-49(58-50)65-20-16-63(17-21-65)42(71)29-67-27-31(59-61-67)4-3-15-54-47(52)53)55-30-6-10-35(38(24-30)46(75)76)44-36-11-8-33(69)25-40(36)77-41-26-34(70)9-12-37(41)44/h6,8-12,24-28,39,69H,1-5,7,13-23,29,51H2,(H,72,73)(H,75,76)(H4,52,53,54)(H,55,56,57,58)/t39-/m0/s1. The minimum Gasteiger partial charge on any atom is -0.508 e. The fourth-order valence-electron chi connectivity index (χ4n) is 9.38. The number of aliphatic imine (C=N–C) groups is 1. The highest BCUT2D eigenvalue weighted by molar-refractivity contribution is 6.08. The second kappa shape index (κ2) is 23.5. The van der Waals surface area contributed by atoms with E-state index in [1.54, 1.807) is 46.5 Å². The maximum Gasteiger partial charge on any atom is 0.336 e. The number of unbranched alkanes of at least 4 members (excludes halogenated alkanes) is 1. The molecule has 6 heterocycles. The van der Waals surface area contributed by atoms with Gasteiger partial charge in [-0.2, -0.15) is 15.0 Å². The first kappa shape index (κ1) is 52.6. The quantitative estimate of drug-likeness (QED) is 0.0233. The summed E-state index contributed by atoms with van der Waals surface area (Å²) in [4.78, 5) is 90.5. The van der Waals surface area contributed by atoms with E-state index >= 15 is 0 Å². The number of rotatable bonds is 21. The number of carboxylic acid groups (broad SMARTS) is 2. The summed E-state index contributed by atoms with van der Waals surface area (Å²) in [5.74, 6) is -1.66. The highest BCUT2D eigenvalue weighted by Crippen LogP contribution is 2.42. The number of aromatic carboxylic acids is 1. The number of carbonyl (C=O) groups is 4. The van der Waals surface area contributed by atoms with Gasteiger partial charge in [0.15, 0.2) is 11.4 Å². The van der Waals surface area contributed by atoms with Gasteiger partial charge in [0, 0.05) is 112 Å². The Morgan fingerprint density at radius 3 is 2.17 bits per heavy atom. The Balaban J connectivity index is 0.965. The van der Waals surface area contributed by atoms with Gasteiger partial charge in [-0.1, -0.05) is 16.5 Å². The number of aryl methyl sites for hydroxylation is 2. The van der Waals surface area contributed by atoms with Crippen LogP contribution >= 0.6 is 0 Å². The summed E-state index contributed by atoms with van der Waals surface area (Å²) in [6.45, 7) is 3.60. The highest BCUT2D eigenvalue weighted by atomic mass is 16.4. The normalized spacial score (nSPS) is 14.2. The molecule has 0 saturated carbocycles. The fraction of sp³-hybridized carbons (Fsp3) is 0.380. The number of aliphatic carboxylic acids is 1. The first-order valence-electron chi connectivity index (χ1n) is 25.1. The molecule has 2 amide bonds. The summed E-state index contributed by atoms with van der Waals surface area (Å²) >= 11 is 0. The maximum absolute atomic E-state index is 14.2. The van der Waals surface area contributed by atoms with Crippen molar-refractivity contribution in [3.05, 3.63) is 94.2 Å². The lowest BCUT2D eigenvalue weighted by molar-refractivity contribution is -0.137. The third-order valence-electron chi connectivity index (χ3n) is 13.3. The predicted molar refractivity (Wildman–Crippen MR) is 281 cm³/mol. The first-order chi connectivity index (χ1) is 37.2. The van der Waals surface area contributed by atoms with Gasteiger partial charge in [-0.15, -0.1) is 10.2 Å². The summed E-state index contributed by atoms with van der Waals surface area (Å²) in [6.07, 6.45) is 6.48. The molecule has 10 N–H and O–H groups in total. The van der Waals surface area contributed by atoms with Gasteiger partial charge in [0.2, 0.25) is 29.7 Å². The average Bonchev–Trinajstić information content (AvgIpc) is 4.11. The van der Waals surface area contributed by atoms with E-state index in [1.807, 2.05) is 9.80 Å². The number of aromatic nitrogens is 9. The zero-order chi connectivity index (χ0) is 54.2. The molecule has 27 nitrogen and oxygen atoms in total. The molecule has 4 aliphatic rings. The molecule has 5 aromatic rings. The van der Waals surface area contributed by atoms with E-state index in [1.165, 1.54) is 39.7 Å². The van der Waals surface area contributed by atoms with Crippen LogP contribution in [0.4, 0.5) is 23.5 Å². The smallest absolute Gasteiger partial charge is 0.336 e. The molecule has 3 aromatic heterocycles. The van der Waals surface area contributed by atoms with Gasteiger partial charge < -0.3 is 61.9 Å². The number of phenols is 1. The van der Waals surface area contributed by atoms with E-state index in [0.29, 0.717) is 149 Å². The Bertz CT molecular complexity index is 3340. The molecule has 2 saturated heterocycles. The van der Waals surface area contributed by atoms with Crippen LogP contribution in [0.2, 0.25) is 0 Å². The predicted octanol–water partition coefficient (Wildman–Crippen LogP) is 1.67. The number of phenolic OH excluding ortho intramolecular Hbond substituents is 1. The Kier molecular flexibility index (Phi) is 16.1. The van der Waals surface area contributed by atoms with Crippen LogP contribution in [0.25, 0.3) is 33.4 Å². The largest absolute Gasteiger partial charge is 0.508 e. The van der Waals surface area contributed by atoms with Crippen molar-refractivity contribution >= 4 is 64.2 Å². The van der Waals surface area contributed by atoms with E-state index in [2.05, 4.69) is 30.9 Å². The first-order valence-corrected chi connectivity index (χ1v) is 25.1. The van der Waals surface area contributed by atoms with E-state index in [-0.39, 0.29) is 71.2 Å². The molecule has 9 rings (SSSR count). The number of nitrogens with zero attached hydrogens (tertiary/aromatic N) is 14. The Labute approximate surface area is 439 Å². The van der Waals surface area contributed by atoms with Crippen molar-refractivity contribution in [2.75, 3.05) is 80.6 Å². The van der Waals surface area contributed by atoms with Crippen molar-refractivity contribution < 1.29 is 38.9 Å². The molecule has 1 atom stereocenters. The molecule has 3 aliphatic heterocycles. The van der Waals surface area contributed by atoms with Crippen LogP contribution in [0.3, 0.4) is 0 Å². The van der Waals surface area contributed by atoms with E-state index < -0.39 is 18.0 Å². The van der Waals surface area contributed by atoms with E-state index in [9.17, 15) is 39.3 Å². The monoisotopic (exact) mass is 1050 g/mol. The molecule has 0 bridgehead atoms. The van der Waals surface area contributed by atoms with Crippen LogP contribution in [-0.4, -0.2) is 165 Å². The molecule has 0 spiro atoms. The number of hydrogen-bond acceptors (Lipinski definition) is 19.